The van der Waals surface area contributed by atoms with Crippen LogP contribution >= 0.6 is 15.9 Å². The van der Waals surface area contributed by atoms with Crippen molar-refractivity contribution in [3.8, 4) is 16.9 Å². The van der Waals surface area contributed by atoms with Gasteiger partial charge in [-0.25, -0.2) is 4.39 Å². The summed E-state index contributed by atoms with van der Waals surface area (Å²) in [4.78, 5) is 24.0. The second-order valence-corrected chi connectivity index (χ2v) is 7.02. The Balaban J connectivity index is 2.04. The largest absolute Gasteiger partial charge is 0.496 e. The van der Waals surface area contributed by atoms with Gasteiger partial charge in [0, 0.05) is 22.6 Å². The molecule has 3 aromatic rings. The first-order valence-electron chi connectivity index (χ1n) is 8.45. The Kier molecular flexibility index (Phi) is 5.90. The van der Waals surface area contributed by atoms with E-state index in [4.69, 9.17) is 4.74 Å². The van der Waals surface area contributed by atoms with Crippen LogP contribution in [0.4, 0.5) is 10.1 Å². The average molecular weight is 442 g/mol. The molecule has 0 aliphatic carbocycles. The molecule has 0 saturated carbocycles. The van der Waals surface area contributed by atoms with Crippen LogP contribution < -0.4 is 10.1 Å². The van der Waals surface area contributed by atoms with Gasteiger partial charge in [0.2, 0.25) is 5.91 Å². The second-order valence-electron chi connectivity index (χ2n) is 6.10. The van der Waals surface area contributed by atoms with Crippen LogP contribution in [0.2, 0.25) is 0 Å². The smallest absolute Gasteiger partial charge is 0.221 e. The minimum Gasteiger partial charge on any atom is -0.496 e. The normalized spacial score (nSPS) is 10.4. The third-order valence-corrected chi connectivity index (χ3v) is 4.64. The van der Waals surface area contributed by atoms with E-state index in [1.807, 2.05) is 6.07 Å². The van der Waals surface area contributed by atoms with Crippen LogP contribution in [0.3, 0.4) is 0 Å². The van der Waals surface area contributed by atoms with E-state index in [0.29, 0.717) is 22.6 Å². The van der Waals surface area contributed by atoms with Crippen molar-refractivity contribution in [3.05, 3.63) is 82.1 Å². The van der Waals surface area contributed by atoms with Gasteiger partial charge in [-0.3, -0.25) is 9.59 Å². The first-order chi connectivity index (χ1) is 13.4. The summed E-state index contributed by atoms with van der Waals surface area (Å²) < 4.78 is 21.4. The number of amides is 1. The molecule has 0 spiro atoms. The number of nitrogens with one attached hydrogen (secondary N) is 1. The number of rotatable bonds is 5. The first kappa shape index (κ1) is 19.8. The summed E-state index contributed by atoms with van der Waals surface area (Å²) in [5, 5.41) is 2.63. The zero-order chi connectivity index (χ0) is 20.3. The minimum atomic E-state index is -0.645. The Morgan fingerprint density at radius 3 is 2.36 bits per heavy atom. The number of halogens is 2. The van der Waals surface area contributed by atoms with Crippen LogP contribution in [0.15, 0.2) is 65.1 Å². The van der Waals surface area contributed by atoms with E-state index < -0.39 is 11.6 Å². The highest BCUT2D eigenvalue weighted by atomic mass is 79.9. The summed E-state index contributed by atoms with van der Waals surface area (Å²) in [5.74, 6) is -0.966. The maximum atomic E-state index is 15.4. The van der Waals surface area contributed by atoms with Gasteiger partial charge >= 0.3 is 0 Å². The third-order valence-electron chi connectivity index (χ3n) is 4.15. The molecule has 3 rings (SSSR count). The van der Waals surface area contributed by atoms with Gasteiger partial charge in [-0.05, 0) is 54.1 Å². The van der Waals surface area contributed by atoms with Crippen molar-refractivity contribution in [1.29, 1.82) is 0 Å². The van der Waals surface area contributed by atoms with Gasteiger partial charge in [0.25, 0.3) is 0 Å². The fraction of sp³-hybridized carbons (Fsp3) is 0.0909. The Labute approximate surface area is 170 Å². The molecule has 0 atom stereocenters. The molecule has 142 valence electrons. The Bertz CT molecular complexity index is 1050. The predicted octanol–water partition coefficient (Wildman–Crippen LogP) is 5.45. The number of benzene rings is 3. The van der Waals surface area contributed by atoms with Crippen molar-refractivity contribution in [2.24, 2.45) is 0 Å². The van der Waals surface area contributed by atoms with E-state index in [1.165, 1.54) is 20.1 Å². The molecule has 0 unspecified atom stereocenters. The number of carbonyl (C=O) groups excluding carboxylic acids is 2. The average Bonchev–Trinajstić information content (AvgIpc) is 2.67. The van der Waals surface area contributed by atoms with Crippen LogP contribution in [0.5, 0.6) is 5.75 Å². The van der Waals surface area contributed by atoms with Crippen LogP contribution in [0.25, 0.3) is 11.1 Å². The Hall–Kier alpha value is -2.99. The minimum absolute atomic E-state index is 0.0527. The molecule has 0 aliphatic rings. The van der Waals surface area contributed by atoms with Crippen molar-refractivity contribution in [1.82, 2.24) is 0 Å². The molecule has 1 amide bonds. The molecule has 0 fully saturated rings. The molecule has 0 radical (unpaired) electrons. The molecule has 6 heteroatoms. The fourth-order valence-electron chi connectivity index (χ4n) is 2.88. The van der Waals surface area contributed by atoms with Crippen LogP contribution in [-0.4, -0.2) is 18.8 Å². The fourth-order valence-corrected chi connectivity index (χ4v) is 3.28. The van der Waals surface area contributed by atoms with E-state index >= 15 is 4.39 Å². The van der Waals surface area contributed by atoms with Crippen LogP contribution in [0, 0.1) is 5.82 Å². The molecule has 28 heavy (non-hydrogen) atoms. The molecule has 0 aromatic heterocycles. The molecular formula is C22H17BrFNO3. The monoisotopic (exact) mass is 441 g/mol. The van der Waals surface area contributed by atoms with Gasteiger partial charge in [-0.15, -0.1) is 0 Å². The van der Waals surface area contributed by atoms with Gasteiger partial charge in [0.1, 0.15) is 11.6 Å². The highest BCUT2D eigenvalue weighted by Gasteiger charge is 2.21. The van der Waals surface area contributed by atoms with Crippen molar-refractivity contribution in [3.63, 3.8) is 0 Å². The van der Waals surface area contributed by atoms with E-state index in [0.717, 1.165) is 4.47 Å². The molecular weight excluding hydrogens is 425 g/mol. The van der Waals surface area contributed by atoms with Gasteiger partial charge in [-0.1, -0.05) is 28.1 Å². The van der Waals surface area contributed by atoms with Crippen LogP contribution in [-0.2, 0) is 4.79 Å². The summed E-state index contributed by atoms with van der Waals surface area (Å²) in [6, 6.07) is 16.4. The van der Waals surface area contributed by atoms with Gasteiger partial charge in [0.15, 0.2) is 5.78 Å². The highest BCUT2D eigenvalue weighted by Crippen LogP contribution is 2.36. The van der Waals surface area contributed by atoms with Crippen molar-refractivity contribution >= 4 is 33.3 Å². The number of ketones is 1. The van der Waals surface area contributed by atoms with E-state index in [2.05, 4.69) is 21.2 Å². The summed E-state index contributed by atoms with van der Waals surface area (Å²) >= 11 is 3.38. The van der Waals surface area contributed by atoms with Gasteiger partial charge in [0.05, 0.1) is 18.2 Å². The van der Waals surface area contributed by atoms with Crippen molar-refractivity contribution in [2.75, 3.05) is 12.4 Å². The lowest BCUT2D eigenvalue weighted by Gasteiger charge is -2.13. The summed E-state index contributed by atoms with van der Waals surface area (Å²) in [6.45, 7) is 1.40. The predicted molar refractivity (Wildman–Crippen MR) is 110 cm³/mol. The number of ether oxygens (including phenoxy) is 1. The quantitative estimate of drug-likeness (QED) is 0.535. The van der Waals surface area contributed by atoms with Gasteiger partial charge in [-0.2, -0.15) is 0 Å². The molecule has 0 heterocycles. The van der Waals surface area contributed by atoms with Crippen LogP contribution in [0.1, 0.15) is 22.8 Å². The van der Waals surface area contributed by atoms with E-state index in [1.54, 1.807) is 48.5 Å². The zero-order valence-electron chi connectivity index (χ0n) is 15.3. The zero-order valence-corrected chi connectivity index (χ0v) is 16.8. The Morgan fingerprint density at radius 1 is 1.04 bits per heavy atom. The number of hydrogen-bond acceptors (Lipinski definition) is 3. The topological polar surface area (TPSA) is 55.4 Å². The maximum Gasteiger partial charge on any atom is 0.221 e. The number of anilines is 1. The van der Waals surface area contributed by atoms with Crippen molar-refractivity contribution in [2.45, 2.75) is 6.92 Å². The summed E-state index contributed by atoms with van der Waals surface area (Å²) in [7, 11) is 1.46. The SMILES string of the molecule is COc1ccc(C(=O)c2ccc(NC(C)=O)cc2)c(F)c1-c1cccc(Br)c1. The molecule has 0 bridgehead atoms. The number of hydrogen-bond donors (Lipinski definition) is 1. The Morgan fingerprint density at radius 2 is 1.75 bits per heavy atom. The first-order valence-corrected chi connectivity index (χ1v) is 9.25. The molecule has 3 aromatic carbocycles. The highest BCUT2D eigenvalue weighted by molar-refractivity contribution is 9.10. The van der Waals surface area contributed by atoms with E-state index in [9.17, 15) is 9.59 Å². The molecule has 4 nitrogen and oxygen atoms in total. The second kappa shape index (κ2) is 8.35. The third kappa shape index (κ3) is 4.12. The molecule has 0 saturated heterocycles. The number of carbonyl (C=O) groups is 2. The molecule has 1 N–H and O–H groups in total. The summed E-state index contributed by atoms with van der Waals surface area (Å²) in [6.07, 6.45) is 0. The summed E-state index contributed by atoms with van der Waals surface area (Å²) in [5.41, 5.74) is 1.65. The van der Waals surface area contributed by atoms with Gasteiger partial charge < -0.3 is 10.1 Å². The molecule has 0 aliphatic heterocycles. The lowest BCUT2D eigenvalue weighted by Crippen LogP contribution is -2.08. The van der Waals surface area contributed by atoms with Crippen molar-refractivity contribution < 1.29 is 18.7 Å². The lowest BCUT2D eigenvalue weighted by atomic mass is 9.96. The number of methoxy groups -OCH3 is 1. The maximum absolute atomic E-state index is 15.4. The van der Waals surface area contributed by atoms with E-state index in [-0.39, 0.29) is 17.0 Å². The standard InChI is InChI=1S/C22H17BrFNO3/c1-13(26)25-17-8-6-14(7-9-17)22(27)18-10-11-19(28-2)20(21(18)24)15-4-3-5-16(23)12-15/h3-12H,1-2H3,(H,25,26). The lowest BCUT2D eigenvalue weighted by molar-refractivity contribution is -0.114.